The van der Waals surface area contributed by atoms with Crippen LogP contribution < -0.4 is 10.2 Å². The SMILES string of the molecule is CCN(Cc1ccc(C(=O)NCCN(C)c2ccccc2)cc1)C(C)C. The number of nitrogens with zero attached hydrogens (tertiary/aromatic N) is 2. The van der Waals surface area contributed by atoms with Crippen molar-refractivity contribution in [1.82, 2.24) is 10.2 Å². The van der Waals surface area contributed by atoms with Crippen molar-refractivity contribution in [2.24, 2.45) is 0 Å². The predicted molar refractivity (Wildman–Crippen MR) is 110 cm³/mol. The number of hydrogen-bond donors (Lipinski definition) is 1. The van der Waals surface area contributed by atoms with E-state index in [-0.39, 0.29) is 5.91 Å². The molecule has 26 heavy (non-hydrogen) atoms. The van der Waals surface area contributed by atoms with Gasteiger partial charge in [0.1, 0.15) is 0 Å². The van der Waals surface area contributed by atoms with Crippen molar-refractivity contribution >= 4 is 11.6 Å². The third kappa shape index (κ3) is 5.88. The lowest BCUT2D eigenvalue weighted by atomic mass is 10.1. The Kier molecular flexibility index (Phi) is 7.67. The van der Waals surface area contributed by atoms with Gasteiger partial charge in [-0.05, 0) is 50.2 Å². The number of carbonyl (C=O) groups excluding carboxylic acids is 1. The minimum atomic E-state index is -0.0192. The van der Waals surface area contributed by atoms with Crippen LogP contribution in [0.2, 0.25) is 0 Å². The zero-order valence-electron chi connectivity index (χ0n) is 16.4. The molecule has 1 amide bonds. The van der Waals surface area contributed by atoms with E-state index in [4.69, 9.17) is 0 Å². The summed E-state index contributed by atoms with van der Waals surface area (Å²) in [7, 11) is 2.03. The molecular weight excluding hydrogens is 322 g/mol. The fourth-order valence-electron chi connectivity index (χ4n) is 2.91. The van der Waals surface area contributed by atoms with Crippen LogP contribution in [0.25, 0.3) is 0 Å². The number of anilines is 1. The summed E-state index contributed by atoms with van der Waals surface area (Å²) in [5, 5.41) is 3.00. The molecule has 2 rings (SSSR count). The topological polar surface area (TPSA) is 35.6 Å². The number of benzene rings is 2. The van der Waals surface area contributed by atoms with Crippen LogP contribution in [0.1, 0.15) is 36.7 Å². The van der Waals surface area contributed by atoms with Crippen molar-refractivity contribution in [3.63, 3.8) is 0 Å². The average Bonchev–Trinajstić information content (AvgIpc) is 2.66. The molecule has 0 unspecified atom stereocenters. The quantitative estimate of drug-likeness (QED) is 0.745. The van der Waals surface area contributed by atoms with Crippen LogP contribution in [0.15, 0.2) is 54.6 Å². The Morgan fingerprint density at radius 1 is 1.04 bits per heavy atom. The summed E-state index contributed by atoms with van der Waals surface area (Å²) in [6.07, 6.45) is 0. The zero-order valence-corrected chi connectivity index (χ0v) is 16.4. The lowest BCUT2D eigenvalue weighted by Crippen LogP contribution is -2.33. The van der Waals surface area contributed by atoms with E-state index >= 15 is 0 Å². The van der Waals surface area contributed by atoms with Gasteiger partial charge in [-0.15, -0.1) is 0 Å². The lowest BCUT2D eigenvalue weighted by molar-refractivity contribution is 0.0954. The van der Waals surface area contributed by atoms with E-state index in [0.717, 1.165) is 25.3 Å². The Labute approximate surface area is 157 Å². The van der Waals surface area contributed by atoms with E-state index in [1.807, 2.05) is 37.4 Å². The number of carbonyl (C=O) groups is 1. The van der Waals surface area contributed by atoms with Crippen molar-refractivity contribution in [2.75, 3.05) is 31.6 Å². The monoisotopic (exact) mass is 353 g/mol. The second kappa shape index (κ2) is 9.97. The number of hydrogen-bond acceptors (Lipinski definition) is 3. The van der Waals surface area contributed by atoms with Gasteiger partial charge in [0, 0.05) is 44.0 Å². The Hall–Kier alpha value is -2.33. The van der Waals surface area contributed by atoms with Gasteiger partial charge in [0.2, 0.25) is 0 Å². The third-order valence-electron chi connectivity index (χ3n) is 4.67. The Balaban J connectivity index is 1.82. The maximum Gasteiger partial charge on any atom is 0.251 e. The number of rotatable bonds is 9. The van der Waals surface area contributed by atoms with Crippen LogP contribution in [-0.2, 0) is 6.54 Å². The normalized spacial score (nSPS) is 11.0. The van der Waals surface area contributed by atoms with Crippen molar-refractivity contribution < 1.29 is 4.79 Å². The molecule has 4 nitrogen and oxygen atoms in total. The van der Waals surface area contributed by atoms with Crippen LogP contribution in [0, 0.1) is 0 Å². The summed E-state index contributed by atoms with van der Waals surface area (Å²) in [5.41, 5.74) is 3.10. The van der Waals surface area contributed by atoms with E-state index in [0.29, 0.717) is 18.2 Å². The second-order valence-electron chi connectivity index (χ2n) is 6.87. The molecule has 0 saturated carbocycles. The third-order valence-corrected chi connectivity index (χ3v) is 4.67. The number of para-hydroxylation sites is 1. The first-order chi connectivity index (χ1) is 12.5. The van der Waals surface area contributed by atoms with Crippen LogP contribution in [0.3, 0.4) is 0 Å². The van der Waals surface area contributed by atoms with Crippen molar-refractivity contribution in [3.05, 3.63) is 65.7 Å². The summed E-state index contributed by atoms with van der Waals surface area (Å²) in [5.74, 6) is -0.0192. The first kappa shape index (κ1) is 20.0. The van der Waals surface area contributed by atoms with Gasteiger partial charge < -0.3 is 10.2 Å². The maximum absolute atomic E-state index is 12.3. The smallest absolute Gasteiger partial charge is 0.251 e. The molecule has 0 spiro atoms. The summed E-state index contributed by atoms with van der Waals surface area (Å²) in [4.78, 5) is 16.9. The highest BCUT2D eigenvalue weighted by Gasteiger charge is 2.09. The fourth-order valence-corrected chi connectivity index (χ4v) is 2.91. The standard InChI is InChI=1S/C22H31N3O/c1-5-25(18(2)3)17-19-11-13-20(14-12-19)22(26)23-15-16-24(4)21-9-7-6-8-10-21/h6-14,18H,5,15-17H2,1-4H3,(H,23,26). The molecule has 0 radical (unpaired) electrons. The van der Waals surface area contributed by atoms with Gasteiger partial charge in [-0.25, -0.2) is 0 Å². The highest BCUT2D eigenvalue weighted by atomic mass is 16.1. The van der Waals surface area contributed by atoms with Crippen LogP contribution in [0.5, 0.6) is 0 Å². The van der Waals surface area contributed by atoms with Gasteiger partial charge in [-0.2, -0.15) is 0 Å². The first-order valence-corrected chi connectivity index (χ1v) is 9.38. The molecule has 0 fully saturated rings. The molecule has 4 heteroatoms. The Morgan fingerprint density at radius 3 is 2.27 bits per heavy atom. The van der Waals surface area contributed by atoms with Gasteiger partial charge in [0.05, 0.1) is 0 Å². The Morgan fingerprint density at radius 2 is 1.69 bits per heavy atom. The fraction of sp³-hybridized carbons (Fsp3) is 0.409. The van der Waals surface area contributed by atoms with Gasteiger partial charge in [-0.1, -0.05) is 37.3 Å². The highest BCUT2D eigenvalue weighted by molar-refractivity contribution is 5.94. The zero-order chi connectivity index (χ0) is 18.9. The van der Waals surface area contributed by atoms with Gasteiger partial charge in [0.25, 0.3) is 5.91 Å². The summed E-state index contributed by atoms with van der Waals surface area (Å²) >= 11 is 0. The molecule has 0 aliphatic carbocycles. The lowest BCUT2D eigenvalue weighted by Gasteiger charge is -2.24. The predicted octanol–water partition coefficient (Wildman–Crippen LogP) is 3.78. The second-order valence-corrected chi connectivity index (χ2v) is 6.87. The minimum Gasteiger partial charge on any atom is -0.373 e. The largest absolute Gasteiger partial charge is 0.373 e. The van der Waals surface area contributed by atoms with Crippen LogP contribution >= 0.6 is 0 Å². The molecule has 0 aliphatic rings. The van der Waals surface area contributed by atoms with Crippen molar-refractivity contribution in [2.45, 2.75) is 33.4 Å². The molecule has 0 bridgehead atoms. The van der Waals surface area contributed by atoms with E-state index in [1.165, 1.54) is 5.56 Å². The maximum atomic E-state index is 12.3. The molecule has 2 aromatic rings. The molecule has 1 N–H and O–H groups in total. The molecular formula is C22H31N3O. The first-order valence-electron chi connectivity index (χ1n) is 9.38. The molecule has 140 valence electrons. The van der Waals surface area contributed by atoms with Crippen molar-refractivity contribution in [3.8, 4) is 0 Å². The number of likely N-dealkylation sites (N-methyl/N-ethyl adjacent to an activating group) is 1. The van der Waals surface area contributed by atoms with Gasteiger partial charge in [0.15, 0.2) is 0 Å². The molecule has 0 atom stereocenters. The van der Waals surface area contributed by atoms with Gasteiger partial charge in [-0.3, -0.25) is 9.69 Å². The number of nitrogens with one attached hydrogen (secondary N) is 1. The molecule has 2 aromatic carbocycles. The van der Waals surface area contributed by atoms with Gasteiger partial charge >= 0.3 is 0 Å². The molecule has 0 aliphatic heterocycles. The van der Waals surface area contributed by atoms with Crippen LogP contribution in [-0.4, -0.2) is 43.5 Å². The summed E-state index contributed by atoms with van der Waals surface area (Å²) in [6.45, 7) is 9.91. The van der Waals surface area contributed by atoms with Crippen molar-refractivity contribution in [1.29, 1.82) is 0 Å². The van der Waals surface area contributed by atoms with Crippen LogP contribution in [0.4, 0.5) is 5.69 Å². The average molecular weight is 354 g/mol. The highest BCUT2D eigenvalue weighted by Crippen LogP contribution is 2.11. The molecule has 0 heterocycles. The van der Waals surface area contributed by atoms with E-state index in [9.17, 15) is 4.79 Å². The molecule has 0 aromatic heterocycles. The van der Waals surface area contributed by atoms with E-state index < -0.39 is 0 Å². The number of amides is 1. The van der Waals surface area contributed by atoms with E-state index in [1.54, 1.807) is 0 Å². The van der Waals surface area contributed by atoms with E-state index in [2.05, 4.69) is 60.2 Å². The summed E-state index contributed by atoms with van der Waals surface area (Å²) in [6, 6.07) is 18.6. The minimum absolute atomic E-state index is 0.0192. The Bertz CT molecular complexity index is 668. The summed E-state index contributed by atoms with van der Waals surface area (Å²) < 4.78 is 0. The molecule has 0 saturated heterocycles.